The van der Waals surface area contributed by atoms with Gasteiger partial charge in [0.05, 0.1) is 5.52 Å². The topological polar surface area (TPSA) is 77.2 Å². The molecular formula is C26H24F2N6O. The van der Waals surface area contributed by atoms with Gasteiger partial charge >= 0.3 is 6.03 Å². The molecule has 0 spiro atoms. The van der Waals surface area contributed by atoms with Crippen LogP contribution in [0.1, 0.15) is 23.2 Å². The van der Waals surface area contributed by atoms with Crippen molar-refractivity contribution in [1.82, 2.24) is 25.0 Å². The third-order valence-electron chi connectivity index (χ3n) is 6.93. The summed E-state index contributed by atoms with van der Waals surface area (Å²) in [6.45, 7) is 3.82. The number of urea groups is 1. The number of nitrogens with zero attached hydrogens (tertiary/aromatic N) is 4. The summed E-state index contributed by atoms with van der Waals surface area (Å²) in [4.78, 5) is 21.0. The smallest absolute Gasteiger partial charge is 0.316 e. The molecule has 7 nitrogen and oxygen atoms in total. The normalized spacial score (nSPS) is 18.2. The van der Waals surface area contributed by atoms with E-state index in [0.717, 1.165) is 45.5 Å². The first-order chi connectivity index (χ1) is 17.0. The fourth-order valence-corrected chi connectivity index (χ4v) is 5.12. The van der Waals surface area contributed by atoms with Crippen molar-refractivity contribution in [3.05, 3.63) is 77.1 Å². The number of carbonyl (C=O) groups excluding carboxylic acids is 1. The number of nitrogens with one attached hydrogen (secondary N) is 2. The van der Waals surface area contributed by atoms with Crippen molar-refractivity contribution >= 4 is 22.6 Å². The molecule has 1 saturated heterocycles. The number of benzene rings is 2. The van der Waals surface area contributed by atoms with Crippen LogP contribution >= 0.6 is 0 Å². The summed E-state index contributed by atoms with van der Waals surface area (Å²) in [6.07, 6.45) is 2.51. The Morgan fingerprint density at radius 3 is 2.77 bits per heavy atom. The standard InChI is InChI=1S/C26H24F2N6O/c1-15-9-16(5-7-29-15)25-19-10-17-12-34(26(35)30-23(17)11-24(19)31-32-25)18-6-8-33(13-18)14-20-21(27)3-2-4-22(20)28/h2-5,7,9-11,18H,6,8,12-14H2,1H3,(H,30,35)(H,31,32)/t18-/m1/s1. The van der Waals surface area contributed by atoms with E-state index in [1.165, 1.54) is 18.2 Å². The highest BCUT2D eigenvalue weighted by atomic mass is 19.1. The minimum absolute atomic E-state index is 0.0413. The van der Waals surface area contributed by atoms with Gasteiger partial charge in [0.15, 0.2) is 0 Å². The zero-order valence-corrected chi connectivity index (χ0v) is 19.2. The van der Waals surface area contributed by atoms with Crippen molar-refractivity contribution in [3.8, 4) is 11.3 Å². The first kappa shape index (κ1) is 21.7. The van der Waals surface area contributed by atoms with Crippen LogP contribution in [-0.2, 0) is 13.1 Å². The molecule has 0 radical (unpaired) electrons. The zero-order valence-electron chi connectivity index (χ0n) is 19.2. The summed E-state index contributed by atoms with van der Waals surface area (Å²) in [6, 6.07) is 11.6. The number of aromatic nitrogens is 3. The number of carbonyl (C=O) groups is 1. The van der Waals surface area contributed by atoms with E-state index in [2.05, 4.69) is 26.6 Å². The molecule has 0 unspecified atom stereocenters. The second kappa shape index (κ2) is 8.42. The Bertz CT molecular complexity index is 1430. The van der Waals surface area contributed by atoms with Crippen LogP contribution < -0.4 is 5.32 Å². The molecule has 2 amide bonds. The van der Waals surface area contributed by atoms with Gasteiger partial charge in [-0.3, -0.25) is 15.0 Å². The molecule has 1 atom stereocenters. The molecule has 1 fully saturated rings. The van der Waals surface area contributed by atoms with Gasteiger partial charge in [0, 0.05) is 66.3 Å². The molecule has 35 heavy (non-hydrogen) atoms. The van der Waals surface area contributed by atoms with Crippen molar-refractivity contribution < 1.29 is 13.6 Å². The summed E-state index contributed by atoms with van der Waals surface area (Å²) < 4.78 is 28.2. The molecule has 2 aromatic heterocycles. The fraction of sp³-hybridized carbons (Fsp3) is 0.269. The molecule has 178 valence electrons. The Morgan fingerprint density at radius 1 is 1.14 bits per heavy atom. The molecule has 6 rings (SSSR count). The highest BCUT2D eigenvalue weighted by molar-refractivity contribution is 6.00. The molecule has 9 heteroatoms. The van der Waals surface area contributed by atoms with Crippen LogP contribution in [0.5, 0.6) is 0 Å². The first-order valence-electron chi connectivity index (χ1n) is 11.6. The van der Waals surface area contributed by atoms with Crippen molar-refractivity contribution in [2.75, 3.05) is 18.4 Å². The molecule has 2 aliphatic heterocycles. The number of hydrogen-bond donors (Lipinski definition) is 2. The molecule has 0 bridgehead atoms. The van der Waals surface area contributed by atoms with Gasteiger partial charge in [0.1, 0.15) is 17.3 Å². The average Bonchev–Trinajstić information content (AvgIpc) is 3.46. The maximum Gasteiger partial charge on any atom is 0.322 e. The van der Waals surface area contributed by atoms with E-state index >= 15 is 0 Å². The highest BCUT2D eigenvalue weighted by Gasteiger charge is 2.34. The second-order valence-corrected chi connectivity index (χ2v) is 9.25. The van der Waals surface area contributed by atoms with Crippen LogP contribution in [0.25, 0.3) is 22.2 Å². The van der Waals surface area contributed by atoms with Crippen LogP contribution in [0.2, 0.25) is 0 Å². The van der Waals surface area contributed by atoms with E-state index < -0.39 is 11.6 Å². The lowest BCUT2D eigenvalue weighted by Gasteiger charge is -2.34. The third kappa shape index (κ3) is 3.91. The van der Waals surface area contributed by atoms with E-state index in [1.807, 2.05) is 34.9 Å². The van der Waals surface area contributed by atoms with Crippen molar-refractivity contribution in [2.24, 2.45) is 0 Å². The van der Waals surface area contributed by atoms with Crippen LogP contribution in [-0.4, -0.2) is 50.1 Å². The van der Waals surface area contributed by atoms with Gasteiger partial charge in [-0.2, -0.15) is 5.10 Å². The maximum absolute atomic E-state index is 14.1. The van der Waals surface area contributed by atoms with Crippen LogP contribution in [0, 0.1) is 18.6 Å². The minimum Gasteiger partial charge on any atom is -0.316 e. The number of rotatable bonds is 4. The molecule has 2 N–H and O–H groups in total. The van der Waals surface area contributed by atoms with Gasteiger partial charge in [-0.25, -0.2) is 13.6 Å². The number of aromatic amines is 1. The van der Waals surface area contributed by atoms with Crippen LogP contribution in [0.4, 0.5) is 19.3 Å². The van der Waals surface area contributed by atoms with Gasteiger partial charge in [0.25, 0.3) is 0 Å². The maximum atomic E-state index is 14.1. The van der Waals surface area contributed by atoms with E-state index in [-0.39, 0.29) is 24.2 Å². The van der Waals surface area contributed by atoms with Gasteiger partial charge in [0.2, 0.25) is 0 Å². The van der Waals surface area contributed by atoms with E-state index in [9.17, 15) is 13.6 Å². The number of halogens is 2. The summed E-state index contributed by atoms with van der Waals surface area (Å²) in [5.41, 5.74) is 5.43. The average molecular weight is 475 g/mol. The van der Waals surface area contributed by atoms with E-state index in [1.54, 1.807) is 6.20 Å². The molecule has 2 aromatic carbocycles. The number of anilines is 1. The monoisotopic (exact) mass is 474 g/mol. The number of likely N-dealkylation sites (tertiary alicyclic amines) is 1. The second-order valence-electron chi connectivity index (χ2n) is 9.25. The molecule has 2 aliphatic rings. The first-order valence-corrected chi connectivity index (χ1v) is 11.6. The van der Waals surface area contributed by atoms with Gasteiger partial charge in [-0.1, -0.05) is 6.07 Å². The fourth-order valence-electron chi connectivity index (χ4n) is 5.12. The lowest BCUT2D eigenvalue weighted by atomic mass is 10.0. The van der Waals surface area contributed by atoms with Crippen molar-refractivity contribution in [2.45, 2.75) is 32.5 Å². The Balaban J connectivity index is 1.24. The zero-order chi connectivity index (χ0) is 24.1. The Kier molecular flexibility index (Phi) is 5.21. The quantitative estimate of drug-likeness (QED) is 0.444. The predicted molar refractivity (Wildman–Crippen MR) is 129 cm³/mol. The molecule has 0 saturated carbocycles. The number of amides is 2. The van der Waals surface area contributed by atoms with Crippen LogP contribution in [0.15, 0.2) is 48.7 Å². The summed E-state index contributed by atoms with van der Waals surface area (Å²) >= 11 is 0. The van der Waals surface area contributed by atoms with Crippen molar-refractivity contribution in [3.63, 3.8) is 0 Å². The van der Waals surface area contributed by atoms with Crippen LogP contribution in [0.3, 0.4) is 0 Å². The lowest BCUT2D eigenvalue weighted by molar-refractivity contribution is 0.178. The number of H-pyrrole nitrogens is 1. The molecular weight excluding hydrogens is 450 g/mol. The highest BCUT2D eigenvalue weighted by Crippen LogP contribution is 2.34. The summed E-state index contributed by atoms with van der Waals surface area (Å²) in [5, 5.41) is 11.6. The molecule has 0 aliphatic carbocycles. The lowest BCUT2D eigenvalue weighted by Crippen LogP contribution is -2.46. The van der Waals surface area contributed by atoms with Gasteiger partial charge in [-0.15, -0.1) is 0 Å². The van der Waals surface area contributed by atoms with E-state index in [0.29, 0.717) is 19.6 Å². The minimum atomic E-state index is -0.539. The predicted octanol–water partition coefficient (Wildman–Crippen LogP) is 4.83. The molecule has 4 heterocycles. The molecule has 4 aromatic rings. The number of hydrogen-bond acceptors (Lipinski definition) is 4. The summed E-state index contributed by atoms with van der Waals surface area (Å²) in [7, 11) is 0. The summed E-state index contributed by atoms with van der Waals surface area (Å²) in [5.74, 6) is -1.08. The largest absolute Gasteiger partial charge is 0.322 e. The van der Waals surface area contributed by atoms with Gasteiger partial charge < -0.3 is 10.2 Å². The van der Waals surface area contributed by atoms with E-state index in [4.69, 9.17) is 0 Å². The number of aryl methyl sites for hydroxylation is 1. The SMILES string of the molecule is Cc1cc(-c2n[nH]c3cc4c(cc23)CN([C@@H]2CCN(Cc3c(F)cccc3F)C2)C(=O)N4)ccn1. The van der Waals surface area contributed by atoms with Gasteiger partial charge in [-0.05, 0) is 55.3 Å². The number of pyridine rings is 1. The third-order valence-corrected chi connectivity index (χ3v) is 6.93. The number of fused-ring (bicyclic) bond motifs is 2. The Hall–Kier alpha value is -3.85. The Labute approximate surface area is 200 Å². The Morgan fingerprint density at radius 2 is 1.97 bits per heavy atom. The van der Waals surface area contributed by atoms with Crippen molar-refractivity contribution in [1.29, 1.82) is 0 Å².